The molecule has 4 nitrogen and oxygen atoms in total. The van der Waals surface area contributed by atoms with Crippen LogP contribution in [0.3, 0.4) is 0 Å². The molecule has 1 unspecified atom stereocenters. The summed E-state index contributed by atoms with van der Waals surface area (Å²) in [5.41, 5.74) is 1.15. The number of aryl methyl sites for hydroxylation is 1. The Labute approximate surface area is 105 Å². The molecule has 2 rings (SSSR count). The summed E-state index contributed by atoms with van der Waals surface area (Å²) in [6.07, 6.45) is 0.156. The van der Waals surface area contributed by atoms with Gasteiger partial charge in [0, 0.05) is 12.2 Å². The number of imide groups is 1. The van der Waals surface area contributed by atoms with Gasteiger partial charge in [0.05, 0.1) is 6.42 Å². The van der Waals surface area contributed by atoms with Crippen molar-refractivity contribution in [2.45, 2.75) is 26.3 Å². The number of halogens is 1. The Morgan fingerprint density at radius 3 is 2.72 bits per heavy atom. The quantitative estimate of drug-likeness (QED) is 0.830. The van der Waals surface area contributed by atoms with Crippen molar-refractivity contribution in [1.29, 1.82) is 0 Å². The number of benzene rings is 1. The lowest BCUT2D eigenvalue weighted by Gasteiger charge is -2.14. The van der Waals surface area contributed by atoms with Crippen molar-refractivity contribution >= 4 is 17.5 Å². The first kappa shape index (κ1) is 12.5. The minimum Gasteiger partial charge on any atom is -0.373 e. The summed E-state index contributed by atoms with van der Waals surface area (Å²) in [6, 6.07) is 4.00. The van der Waals surface area contributed by atoms with Gasteiger partial charge in [-0.2, -0.15) is 0 Å². The van der Waals surface area contributed by atoms with E-state index < -0.39 is 6.04 Å². The van der Waals surface area contributed by atoms with Gasteiger partial charge in [-0.15, -0.1) is 0 Å². The predicted octanol–water partition coefficient (Wildman–Crippen LogP) is 1.69. The topological polar surface area (TPSA) is 49.4 Å². The SMILES string of the molecule is CCN1C(=O)CC(Nc2ccc(F)c(C)c2)C1=O. The first-order valence-corrected chi connectivity index (χ1v) is 5.89. The molecule has 96 valence electrons. The van der Waals surface area contributed by atoms with Gasteiger partial charge in [-0.25, -0.2) is 4.39 Å². The second-order valence-corrected chi connectivity index (χ2v) is 4.34. The van der Waals surface area contributed by atoms with Crippen LogP contribution in [0.1, 0.15) is 18.9 Å². The van der Waals surface area contributed by atoms with Crippen LogP contribution in [0.25, 0.3) is 0 Å². The average molecular weight is 250 g/mol. The van der Waals surface area contributed by atoms with Crippen LogP contribution in [0.4, 0.5) is 10.1 Å². The predicted molar refractivity (Wildman–Crippen MR) is 65.6 cm³/mol. The van der Waals surface area contributed by atoms with Gasteiger partial charge >= 0.3 is 0 Å². The van der Waals surface area contributed by atoms with Crippen molar-refractivity contribution in [2.75, 3.05) is 11.9 Å². The third-order valence-electron chi connectivity index (χ3n) is 3.06. The molecule has 1 saturated heterocycles. The highest BCUT2D eigenvalue weighted by Gasteiger charge is 2.37. The number of rotatable bonds is 3. The second kappa shape index (κ2) is 4.76. The van der Waals surface area contributed by atoms with Gasteiger partial charge < -0.3 is 5.32 Å². The number of hydrogen-bond donors (Lipinski definition) is 1. The lowest BCUT2D eigenvalue weighted by atomic mass is 10.2. The fraction of sp³-hybridized carbons (Fsp3) is 0.385. The number of carbonyl (C=O) groups is 2. The molecule has 0 radical (unpaired) electrons. The monoisotopic (exact) mass is 250 g/mol. The molecule has 0 saturated carbocycles. The van der Waals surface area contributed by atoms with Crippen LogP contribution in [-0.4, -0.2) is 29.3 Å². The van der Waals surface area contributed by atoms with Gasteiger partial charge in [-0.1, -0.05) is 0 Å². The number of nitrogens with one attached hydrogen (secondary N) is 1. The van der Waals surface area contributed by atoms with Gasteiger partial charge in [0.2, 0.25) is 5.91 Å². The molecular formula is C13H15FN2O2. The third kappa shape index (κ3) is 2.20. The molecule has 0 spiro atoms. The smallest absolute Gasteiger partial charge is 0.252 e. The van der Waals surface area contributed by atoms with Crippen LogP contribution in [0, 0.1) is 12.7 Å². The molecule has 0 aromatic heterocycles. The van der Waals surface area contributed by atoms with Gasteiger partial charge in [-0.05, 0) is 37.6 Å². The van der Waals surface area contributed by atoms with E-state index in [9.17, 15) is 14.0 Å². The molecule has 1 aromatic rings. The van der Waals surface area contributed by atoms with E-state index in [1.54, 1.807) is 26.0 Å². The van der Waals surface area contributed by atoms with E-state index in [4.69, 9.17) is 0 Å². The number of anilines is 1. The summed E-state index contributed by atoms with van der Waals surface area (Å²) in [5, 5.41) is 2.97. The highest BCUT2D eigenvalue weighted by molar-refractivity contribution is 6.06. The normalized spacial score (nSPS) is 19.5. The molecule has 0 aliphatic carbocycles. The van der Waals surface area contributed by atoms with E-state index in [-0.39, 0.29) is 24.1 Å². The Kier molecular flexibility index (Phi) is 3.32. The number of amides is 2. The van der Waals surface area contributed by atoms with Crippen molar-refractivity contribution in [2.24, 2.45) is 0 Å². The van der Waals surface area contributed by atoms with Crippen molar-refractivity contribution < 1.29 is 14.0 Å². The maximum absolute atomic E-state index is 13.1. The third-order valence-corrected chi connectivity index (χ3v) is 3.06. The highest BCUT2D eigenvalue weighted by atomic mass is 19.1. The molecule has 0 bridgehead atoms. The van der Waals surface area contributed by atoms with E-state index >= 15 is 0 Å². The summed E-state index contributed by atoms with van der Waals surface area (Å²) in [6.45, 7) is 3.80. The fourth-order valence-corrected chi connectivity index (χ4v) is 2.06. The van der Waals surface area contributed by atoms with Crippen LogP contribution in [0.15, 0.2) is 18.2 Å². The Bertz CT molecular complexity index is 502. The number of carbonyl (C=O) groups excluding carboxylic acids is 2. The molecule has 18 heavy (non-hydrogen) atoms. The first-order chi connectivity index (χ1) is 8.52. The van der Waals surface area contributed by atoms with E-state index in [0.717, 1.165) is 0 Å². The molecule has 1 aliphatic heterocycles. The van der Waals surface area contributed by atoms with Crippen LogP contribution in [-0.2, 0) is 9.59 Å². The molecule has 1 atom stereocenters. The summed E-state index contributed by atoms with van der Waals surface area (Å²) < 4.78 is 13.1. The summed E-state index contributed by atoms with van der Waals surface area (Å²) >= 11 is 0. The lowest BCUT2D eigenvalue weighted by Crippen LogP contribution is -2.34. The van der Waals surface area contributed by atoms with E-state index in [2.05, 4.69) is 5.32 Å². The molecule has 1 heterocycles. The van der Waals surface area contributed by atoms with E-state index in [1.807, 2.05) is 0 Å². The van der Waals surface area contributed by atoms with Crippen molar-refractivity contribution in [3.05, 3.63) is 29.6 Å². The summed E-state index contributed by atoms with van der Waals surface area (Å²) in [7, 11) is 0. The maximum atomic E-state index is 13.1. The minimum absolute atomic E-state index is 0.156. The van der Waals surface area contributed by atoms with Crippen LogP contribution in [0.2, 0.25) is 0 Å². The lowest BCUT2D eigenvalue weighted by molar-refractivity contribution is -0.138. The number of likely N-dealkylation sites (tertiary alicyclic amines) is 1. The largest absolute Gasteiger partial charge is 0.373 e. The zero-order chi connectivity index (χ0) is 13.3. The molecule has 1 aromatic carbocycles. The van der Waals surface area contributed by atoms with Gasteiger partial charge in [-0.3, -0.25) is 14.5 Å². The van der Waals surface area contributed by atoms with E-state index in [0.29, 0.717) is 17.8 Å². The summed E-state index contributed by atoms with van der Waals surface area (Å²) in [4.78, 5) is 24.6. The van der Waals surface area contributed by atoms with Crippen molar-refractivity contribution in [1.82, 2.24) is 4.90 Å². The number of likely N-dealkylation sites (N-methyl/N-ethyl adjacent to an activating group) is 1. The van der Waals surface area contributed by atoms with Crippen molar-refractivity contribution in [3.63, 3.8) is 0 Å². The van der Waals surface area contributed by atoms with Gasteiger partial charge in [0.25, 0.3) is 5.91 Å². The minimum atomic E-state index is -0.540. The average Bonchev–Trinajstić information content (AvgIpc) is 2.59. The Morgan fingerprint density at radius 1 is 1.44 bits per heavy atom. The number of nitrogens with zero attached hydrogens (tertiary/aromatic N) is 1. The molecule has 1 aliphatic rings. The number of hydrogen-bond acceptors (Lipinski definition) is 3. The fourth-order valence-electron chi connectivity index (χ4n) is 2.06. The second-order valence-electron chi connectivity index (χ2n) is 4.34. The Balaban J connectivity index is 2.13. The summed E-state index contributed by atoms with van der Waals surface area (Å²) in [5.74, 6) is -0.673. The molecule has 5 heteroatoms. The zero-order valence-electron chi connectivity index (χ0n) is 10.4. The van der Waals surface area contributed by atoms with Gasteiger partial charge in [0.15, 0.2) is 0 Å². The van der Waals surface area contributed by atoms with Crippen LogP contribution < -0.4 is 5.32 Å². The molecule has 1 N–H and O–H groups in total. The first-order valence-electron chi connectivity index (χ1n) is 5.89. The Morgan fingerprint density at radius 2 is 2.17 bits per heavy atom. The molecular weight excluding hydrogens is 235 g/mol. The Hall–Kier alpha value is -1.91. The van der Waals surface area contributed by atoms with Crippen LogP contribution >= 0.6 is 0 Å². The van der Waals surface area contributed by atoms with E-state index in [1.165, 1.54) is 11.0 Å². The zero-order valence-corrected chi connectivity index (χ0v) is 10.4. The standard InChI is InChI=1S/C13H15FN2O2/c1-3-16-12(17)7-11(13(16)18)15-9-4-5-10(14)8(2)6-9/h4-6,11,15H,3,7H2,1-2H3. The molecule has 2 amide bonds. The maximum Gasteiger partial charge on any atom is 0.252 e. The van der Waals surface area contributed by atoms with Gasteiger partial charge in [0.1, 0.15) is 11.9 Å². The highest BCUT2D eigenvalue weighted by Crippen LogP contribution is 2.20. The van der Waals surface area contributed by atoms with Crippen molar-refractivity contribution in [3.8, 4) is 0 Å². The molecule has 1 fully saturated rings. The van der Waals surface area contributed by atoms with Crippen LogP contribution in [0.5, 0.6) is 0 Å².